The van der Waals surface area contributed by atoms with Crippen LogP contribution < -0.4 is 15.4 Å². The molecule has 0 spiro atoms. The first kappa shape index (κ1) is 28.8. The number of ether oxygens (including phenoxy) is 1. The van der Waals surface area contributed by atoms with Gasteiger partial charge in [0.1, 0.15) is 17.6 Å². The van der Waals surface area contributed by atoms with E-state index in [2.05, 4.69) is 10.6 Å². The van der Waals surface area contributed by atoms with Crippen LogP contribution in [-0.2, 0) is 31.4 Å². The number of thioether (sulfide) groups is 1. The highest BCUT2D eigenvalue weighted by Gasteiger charge is 2.30. The summed E-state index contributed by atoms with van der Waals surface area (Å²) in [6.07, 6.45) is -0.805. The first-order valence-electron chi connectivity index (χ1n) is 11.4. The summed E-state index contributed by atoms with van der Waals surface area (Å²) in [6.45, 7) is 3.41. The summed E-state index contributed by atoms with van der Waals surface area (Å²) in [4.78, 5) is 49.7. The maximum absolute atomic E-state index is 13.6. The van der Waals surface area contributed by atoms with E-state index in [0.717, 1.165) is 5.56 Å². The zero-order chi connectivity index (χ0) is 26.7. The van der Waals surface area contributed by atoms with E-state index >= 15 is 0 Å². The number of ketones is 1. The van der Waals surface area contributed by atoms with E-state index in [4.69, 9.17) is 4.74 Å². The molecule has 0 saturated carbocycles. The van der Waals surface area contributed by atoms with E-state index in [9.17, 15) is 28.7 Å². The van der Waals surface area contributed by atoms with Crippen molar-refractivity contribution in [2.75, 3.05) is 12.9 Å². The lowest BCUT2D eigenvalue weighted by Crippen LogP contribution is -2.54. The Morgan fingerprint density at radius 3 is 2.36 bits per heavy atom. The van der Waals surface area contributed by atoms with Crippen molar-refractivity contribution in [2.24, 2.45) is 5.92 Å². The molecular formula is C26H31FN2O6S. The normalized spacial score (nSPS) is 12.5. The third-order valence-electron chi connectivity index (χ3n) is 5.30. The molecule has 0 radical (unpaired) electrons. The molecular weight excluding hydrogens is 487 g/mol. The van der Waals surface area contributed by atoms with Gasteiger partial charge < -0.3 is 20.5 Å². The van der Waals surface area contributed by atoms with Crippen LogP contribution in [0.1, 0.15) is 31.4 Å². The van der Waals surface area contributed by atoms with Crippen LogP contribution in [0.4, 0.5) is 4.39 Å². The van der Waals surface area contributed by atoms with Crippen LogP contribution in [0.25, 0.3) is 0 Å². The van der Waals surface area contributed by atoms with Crippen LogP contribution in [0.3, 0.4) is 0 Å². The van der Waals surface area contributed by atoms with Gasteiger partial charge in [-0.1, -0.05) is 44.2 Å². The second kappa shape index (κ2) is 14.2. The number of halogens is 1. The monoisotopic (exact) mass is 518 g/mol. The highest BCUT2D eigenvalue weighted by Crippen LogP contribution is 2.20. The van der Waals surface area contributed by atoms with Gasteiger partial charge in [-0.05, 0) is 29.7 Å². The molecule has 0 aliphatic rings. The molecule has 2 atom stereocenters. The molecule has 0 heterocycles. The third kappa shape index (κ3) is 9.33. The summed E-state index contributed by atoms with van der Waals surface area (Å²) in [5, 5.41) is 14.4. The van der Waals surface area contributed by atoms with Crippen molar-refractivity contribution in [1.29, 1.82) is 0 Å². The molecule has 2 aromatic carbocycles. The standard InChI is InChI=1S/C26H31FN2O6S/c1-16(2)25(29-23(31)12-18-11-19(27)9-10-22(18)35-3)26(34)28-20(13-24(32)33)21(30)15-36-14-17-7-5-4-6-8-17/h4-11,16,20,25H,12-15H2,1-3H3,(H,28,34)(H,29,31)(H,32,33)/t20-,25-/m0/s1. The maximum Gasteiger partial charge on any atom is 0.305 e. The second-order valence-corrected chi connectivity index (χ2v) is 9.51. The van der Waals surface area contributed by atoms with E-state index in [-0.39, 0.29) is 18.1 Å². The third-order valence-corrected chi connectivity index (χ3v) is 6.32. The number of carboxylic acids is 1. The minimum atomic E-state index is -1.24. The molecule has 194 valence electrons. The Morgan fingerprint density at radius 2 is 1.75 bits per heavy atom. The molecule has 10 heteroatoms. The fraction of sp³-hybridized carbons (Fsp3) is 0.385. The molecule has 2 rings (SSSR count). The van der Waals surface area contributed by atoms with Gasteiger partial charge in [0.15, 0.2) is 5.78 Å². The highest BCUT2D eigenvalue weighted by molar-refractivity contribution is 7.99. The summed E-state index contributed by atoms with van der Waals surface area (Å²) in [5.41, 5.74) is 1.33. The van der Waals surface area contributed by atoms with Crippen LogP contribution in [0.15, 0.2) is 48.5 Å². The maximum atomic E-state index is 13.6. The zero-order valence-electron chi connectivity index (χ0n) is 20.5. The summed E-state index contributed by atoms with van der Waals surface area (Å²) < 4.78 is 18.8. The van der Waals surface area contributed by atoms with Crippen molar-refractivity contribution in [1.82, 2.24) is 10.6 Å². The number of amides is 2. The predicted octanol–water partition coefficient (Wildman–Crippen LogP) is 2.98. The first-order valence-corrected chi connectivity index (χ1v) is 12.5. The van der Waals surface area contributed by atoms with Crippen molar-refractivity contribution < 1.29 is 33.4 Å². The summed E-state index contributed by atoms with van der Waals surface area (Å²) >= 11 is 1.32. The number of aliphatic carboxylic acids is 1. The van der Waals surface area contributed by atoms with Gasteiger partial charge >= 0.3 is 5.97 Å². The molecule has 0 unspecified atom stereocenters. The molecule has 0 aliphatic heterocycles. The number of benzene rings is 2. The quantitative estimate of drug-likeness (QED) is 0.352. The zero-order valence-corrected chi connectivity index (χ0v) is 21.3. The molecule has 0 saturated heterocycles. The number of carbonyl (C=O) groups excluding carboxylic acids is 3. The predicted molar refractivity (Wildman–Crippen MR) is 135 cm³/mol. The number of rotatable bonds is 14. The molecule has 2 amide bonds. The average Bonchev–Trinajstić information content (AvgIpc) is 2.82. The lowest BCUT2D eigenvalue weighted by Gasteiger charge is -2.24. The van der Waals surface area contributed by atoms with Gasteiger partial charge in [-0.15, -0.1) is 11.8 Å². The van der Waals surface area contributed by atoms with Crippen molar-refractivity contribution in [3.8, 4) is 5.75 Å². The Morgan fingerprint density at radius 1 is 1.06 bits per heavy atom. The minimum absolute atomic E-state index is 0.0190. The van der Waals surface area contributed by atoms with Gasteiger partial charge in [0.05, 0.1) is 31.7 Å². The molecule has 36 heavy (non-hydrogen) atoms. The number of nitrogens with one attached hydrogen (secondary N) is 2. The van der Waals surface area contributed by atoms with Gasteiger partial charge in [0.2, 0.25) is 11.8 Å². The van der Waals surface area contributed by atoms with E-state index in [0.29, 0.717) is 17.1 Å². The summed E-state index contributed by atoms with van der Waals surface area (Å²) in [6, 6.07) is 11.0. The van der Waals surface area contributed by atoms with Crippen molar-refractivity contribution in [3.05, 3.63) is 65.5 Å². The van der Waals surface area contributed by atoms with Crippen molar-refractivity contribution in [3.63, 3.8) is 0 Å². The van der Waals surface area contributed by atoms with Gasteiger partial charge in [0, 0.05) is 11.3 Å². The minimum Gasteiger partial charge on any atom is -0.496 e. The summed E-state index contributed by atoms with van der Waals surface area (Å²) in [7, 11) is 1.40. The van der Waals surface area contributed by atoms with E-state index in [1.54, 1.807) is 13.8 Å². The number of Topliss-reactive ketones (excluding diaryl/α,β-unsaturated/α-hetero) is 1. The topological polar surface area (TPSA) is 122 Å². The van der Waals surface area contributed by atoms with E-state index < -0.39 is 47.9 Å². The number of carboxylic acid groups (broad SMARTS) is 1. The molecule has 0 fully saturated rings. The Bertz CT molecular complexity index is 1060. The Hall–Kier alpha value is -3.40. The Kier molecular flexibility index (Phi) is 11.4. The first-order chi connectivity index (χ1) is 17.1. The Labute approximate surface area is 214 Å². The molecule has 3 N–H and O–H groups in total. The smallest absolute Gasteiger partial charge is 0.305 e. The molecule has 8 nitrogen and oxygen atoms in total. The highest BCUT2D eigenvalue weighted by atomic mass is 32.2. The second-order valence-electron chi connectivity index (χ2n) is 8.53. The summed E-state index contributed by atoms with van der Waals surface area (Å²) in [5.74, 6) is -2.86. The molecule has 0 aromatic heterocycles. The van der Waals surface area contributed by atoms with Crippen molar-refractivity contribution >= 4 is 35.3 Å². The average molecular weight is 519 g/mol. The van der Waals surface area contributed by atoms with Crippen LogP contribution in [0, 0.1) is 11.7 Å². The molecule has 0 aliphatic carbocycles. The van der Waals surface area contributed by atoms with Gasteiger partial charge in [0.25, 0.3) is 0 Å². The van der Waals surface area contributed by atoms with E-state index in [1.807, 2.05) is 30.3 Å². The fourth-order valence-corrected chi connectivity index (χ4v) is 4.38. The van der Waals surface area contributed by atoms with Crippen molar-refractivity contribution in [2.45, 2.75) is 44.5 Å². The number of carbonyl (C=O) groups is 4. The van der Waals surface area contributed by atoms with Crippen LogP contribution in [0.2, 0.25) is 0 Å². The fourth-order valence-electron chi connectivity index (χ4n) is 3.44. The van der Waals surface area contributed by atoms with Crippen LogP contribution in [-0.4, -0.2) is 53.6 Å². The number of hydrogen-bond donors (Lipinski definition) is 3. The number of methoxy groups -OCH3 is 1. The number of hydrogen-bond acceptors (Lipinski definition) is 6. The lowest BCUT2D eigenvalue weighted by molar-refractivity contribution is -0.140. The van der Waals surface area contributed by atoms with Gasteiger partial charge in [-0.2, -0.15) is 0 Å². The van der Waals surface area contributed by atoms with Gasteiger partial charge in [-0.3, -0.25) is 19.2 Å². The van der Waals surface area contributed by atoms with E-state index in [1.165, 1.54) is 37.1 Å². The molecule has 0 bridgehead atoms. The van der Waals surface area contributed by atoms with Crippen LogP contribution in [0.5, 0.6) is 5.75 Å². The SMILES string of the molecule is COc1ccc(F)cc1CC(=O)N[C@H](C(=O)N[C@@H](CC(=O)O)C(=O)CSCc1ccccc1)C(C)C. The largest absolute Gasteiger partial charge is 0.496 e. The lowest BCUT2D eigenvalue weighted by atomic mass is 10.0. The Balaban J connectivity index is 2.03. The van der Waals surface area contributed by atoms with Crippen LogP contribution >= 0.6 is 11.8 Å². The molecule has 2 aromatic rings. The van der Waals surface area contributed by atoms with Gasteiger partial charge in [-0.25, -0.2) is 4.39 Å².